The molecule has 0 heterocycles. The third-order valence-electron chi connectivity index (χ3n) is 3.02. The fourth-order valence-corrected chi connectivity index (χ4v) is 2.30. The molecule has 0 aliphatic rings. The van der Waals surface area contributed by atoms with Crippen molar-refractivity contribution in [3.05, 3.63) is 58.1 Å². The first-order valence-corrected chi connectivity index (χ1v) is 7.85. The van der Waals surface area contributed by atoms with Gasteiger partial charge in [0.2, 0.25) is 0 Å². The first kappa shape index (κ1) is 17.0. The summed E-state index contributed by atoms with van der Waals surface area (Å²) in [6.07, 6.45) is 0.865. The third-order valence-corrected chi connectivity index (χ3v) is 3.51. The number of hydrogen-bond acceptors (Lipinski definition) is 4. The predicted molar refractivity (Wildman–Crippen MR) is 88.7 cm³/mol. The molecule has 2 rings (SSSR count). The molecule has 0 aliphatic carbocycles. The van der Waals surface area contributed by atoms with Gasteiger partial charge >= 0.3 is 0 Å². The zero-order chi connectivity index (χ0) is 16.8. The third kappa shape index (κ3) is 4.56. The van der Waals surface area contributed by atoms with E-state index in [2.05, 4.69) is 21.2 Å². The van der Waals surface area contributed by atoms with Gasteiger partial charge in [-0.3, -0.25) is 4.79 Å². The second kappa shape index (κ2) is 7.78. The number of hydrogen-bond donors (Lipinski definition) is 1. The van der Waals surface area contributed by atoms with Crippen LogP contribution in [0.2, 0.25) is 0 Å². The molecule has 5 nitrogen and oxygen atoms in total. The Bertz CT molecular complexity index is 730. The highest BCUT2D eigenvalue weighted by atomic mass is 79.9. The Morgan fingerprint density at radius 2 is 2.00 bits per heavy atom. The van der Waals surface area contributed by atoms with Gasteiger partial charge in [-0.2, -0.15) is 0 Å². The van der Waals surface area contributed by atoms with Crippen LogP contribution in [0, 0.1) is 0 Å². The summed E-state index contributed by atoms with van der Waals surface area (Å²) in [6.45, 7) is 2.55. The SMILES string of the molecule is CCCOc1cccc(C(=O)Nc2ccc(Br)cc2C(=O)[O-])c1. The van der Waals surface area contributed by atoms with Crippen LogP contribution in [0.25, 0.3) is 0 Å². The van der Waals surface area contributed by atoms with E-state index >= 15 is 0 Å². The topological polar surface area (TPSA) is 78.5 Å². The number of ether oxygens (including phenoxy) is 1. The Kier molecular flexibility index (Phi) is 5.76. The lowest BCUT2D eigenvalue weighted by Crippen LogP contribution is -2.25. The van der Waals surface area contributed by atoms with Crippen LogP contribution in [0.3, 0.4) is 0 Å². The van der Waals surface area contributed by atoms with Crippen molar-refractivity contribution < 1.29 is 19.4 Å². The largest absolute Gasteiger partial charge is 0.545 e. The quantitative estimate of drug-likeness (QED) is 0.840. The first-order chi connectivity index (χ1) is 11.0. The van der Waals surface area contributed by atoms with E-state index in [4.69, 9.17) is 4.74 Å². The number of carboxylic acid groups (broad SMARTS) is 1. The van der Waals surface area contributed by atoms with Gasteiger partial charge in [-0.1, -0.05) is 28.9 Å². The summed E-state index contributed by atoms with van der Waals surface area (Å²) < 4.78 is 6.07. The van der Waals surface area contributed by atoms with Crippen LogP contribution >= 0.6 is 15.9 Å². The molecule has 0 aromatic heterocycles. The number of benzene rings is 2. The van der Waals surface area contributed by atoms with Gasteiger partial charge in [0, 0.05) is 15.6 Å². The molecule has 120 valence electrons. The normalized spacial score (nSPS) is 10.2. The van der Waals surface area contributed by atoms with Crippen molar-refractivity contribution in [1.82, 2.24) is 0 Å². The van der Waals surface area contributed by atoms with Crippen molar-refractivity contribution in [2.75, 3.05) is 11.9 Å². The number of carbonyl (C=O) groups is 2. The smallest absolute Gasteiger partial charge is 0.255 e. The summed E-state index contributed by atoms with van der Waals surface area (Å²) >= 11 is 3.19. The lowest BCUT2D eigenvalue weighted by atomic mass is 10.1. The van der Waals surface area contributed by atoms with Crippen LogP contribution in [0.15, 0.2) is 46.9 Å². The van der Waals surface area contributed by atoms with E-state index in [-0.39, 0.29) is 11.3 Å². The number of rotatable bonds is 6. The summed E-state index contributed by atoms with van der Waals surface area (Å²) in [5, 5.41) is 13.7. The second-order valence-corrected chi connectivity index (χ2v) is 5.72. The number of halogens is 1. The van der Waals surface area contributed by atoms with E-state index < -0.39 is 11.9 Å². The van der Waals surface area contributed by atoms with Crippen molar-refractivity contribution in [2.45, 2.75) is 13.3 Å². The molecular weight excluding hydrogens is 362 g/mol. The highest BCUT2D eigenvalue weighted by molar-refractivity contribution is 9.10. The van der Waals surface area contributed by atoms with Crippen LogP contribution in [0.5, 0.6) is 5.75 Å². The molecule has 23 heavy (non-hydrogen) atoms. The van der Waals surface area contributed by atoms with E-state index in [1.165, 1.54) is 12.1 Å². The Labute approximate surface area is 142 Å². The van der Waals surface area contributed by atoms with Gasteiger partial charge in [-0.05, 0) is 42.8 Å². The molecule has 0 saturated heterocycles. The summed E-state index contributed by atoms with van der Waals surface area (Å²) in [4.78, 5) is 23.5. The number of aromatic carboxylic acids is 1. The number of amides is 1. The van der Waals surface area contributed by atoms with Gasteiger partial charge in [-0.25, -0.2) is 0 Å². The van der Waals surface area contributed by atoms with Crippen LogP contribution in [0.1, 0.15) is 34.1 Å². The van der Waals surface area contributed by atoms with Crippen molar-refractivity contribution in [1.29, 1.82) is 0 Å². The number of anilines is 1. The second-order valence-electron chi connectivity index (χ2n) is 4.81. The Hall–Kier alpha value is -2.34. The molecule has 0 unspecified atom stereocenters. The zero-order valence-electron chi connectivity index (χ0n) is 12.5. The molecule has 1 amide bonds. The highest BCUT2D eigenvalue weighted by Gasteiger charge is 2.11. The first-order valence-electron chi connectivity index (χ1n) is 7.06. The summed E-state index contributed by atoms with van der Waals surface area (Å²) in [6, 6.07) is 11.2. The maximum absolute atomic E-state index is 12.3. The van der Waals surface area contributed by atoms with Gasteiger partial charge < -0.3 is 20.0 Å². The molecule has 0 atom stereocenters. The summed E-state index contributed by atoms with van der Waals surface area (Å²) in [7, 11) is 0. The van der Waals surface area contributed by atoms with Gasteiger partial charge in [0.05, 0.1) is 18.3 Å². The predicted octanol–water partition coefficient (Wildman–Crippen LogP) is 2.85. The molecule has 0 spiro atoms. The van der Waals surface area contributed by atoms with Crippen molar-refractivity contribution in [3.63, 3.8) is 0 Å². The van der Waals surface area contributed by atoms with Crippen molar-refractivity contribution in [2.24, 2.45) is 0 Å². The van der Waals surface area contributed by atoms with Crippen LogP contribution < -0.4 is 15.2 Å². The molecule has 0 fully saturated rings. The Morgan fingerprint density at radius 1 is 1.22 bits per heavy atom. The van der Waals surface area contributed by atoms with E-state index in [0.29, 0.717) is 22.4 Å². The van der Waals surface area contributed by atoms with E-state index in [1.807, 2.05) is 6.92 Å². The molecular formula is C17H15BrNO4-. The fraction of sp³-hybridized carbons (Fsp3) is 0.176. The Balaban J connectivity index is 2.21. The van der Waals surface area contributed by atoms with Gasteiger partial charge in [0.1, 0.15) is 5.75 Å². The number of carboxylic acids is 1. The number of carbonyl (C=O) groups excluding carboxylic acids is 2. The molecule has 0 saturated carbocycles. The lowest BCUT2D eigenvalue weighted by Gasteiger charge is -2.13. The minimum atomic E-state index is -1.36. The minimum absolute atomic E-state index is 0.0916. The van der Waals surface area contributed by atoms with Crippen LogP contribution in [-0.4, -0.2) is 18.5 Å². The standard InChI is InChI=1S/C17H16BrNO4/c1-2-8-23-13-5-3-4-11(9-13)16(20)19-15-7-6-12(18)10-14(15)17(21)22/h3-7,9-10H,2,8H2,1H3,(H,19,20)(H,21,22)/p-1. The van der Waals surface area contributed by atoms with Crippen LogP contribution in [0.4, 0.5) is 5.69 Å². The maximum Gasteiger partial charge on any atom is 0.255 e. The molecule has 0 aliphatic heterocycles. The monoisotopic (exact) mass is 376 g/mol. The zero-order valence-corrected chi connectivity index (χ0v) is 14.1. The van der Waals surface area contributed by atoms with Crippen LogP contribution in [-0.2, 0) is 0 Å². The van der Waals surface area contributed by atoms with Gasteiger partial charge in [-0.15, -0.1) is 0 Å². The molecule has 1 N–H and O–H groups in total. The van der Waals surface area contributed by atoms with Crippen molar-refractivity contribution in [3.8, 4) is 5.75 Å². The lowest BCUT2D eigenvalue weighted by molar-refractivity contribution is -0.254. The summed E-state index contributed by atoms with van der Waals surface area (Å²) in [5.74, 6) is -1.19. The molecule has 6 heteroatoms. The van der Waals surface area contributed by atoms with Gasteiger partial charge in [0.15, 0.2) is 0 Å². The average Bonchev–Trinajstić information content (AvgIpc) is 2.54. The van der Waals surface area contributed by atoms with E-state index in [9.17, 15) is 14.7 Å². The van der Waals surface area contributed by atoms with E-state index in [0.717, 1.165) is 6.42 Å². The molecule has 2 aromatic carbocycles. The van der Waals surface area contributed by atoms with Crippen molar-refractivity contribution >= 4 is 33.5 Å². The Morgan fingerprint density at radius 3 is 2.70 bits per heavy atom. The highest BCUT2D eigenvalue weighted by Crippen LogP contribution is 2.22. The minimum Gasteiger partial charge on any atom is -0.545 e. The molecule has 0 bridgehead atoms. The number of nitrogens with one attached hydrogen (secondary N) is 1. The molecule has 0 radical (unpaired) electrons. The van der Waals surface area contributed by atoms with E-state index in [1.54, 1.807) is 30.3 Å². The average molecular weight is 377 g/mol. The van der Waals surface area contributed by atoms with Gasteiger partial charge in [0.25, 0.3) is 5.91 Å². The molecule has 2 aromatic rings. The maximum atomic E-state index is 12.3. The summed E-state index contributed by atoms with van der Waals surface area (Å²) in [5.41, 5.74) is 0.468. The fourth-order valence-electron chi connectivity index (χ4n) is 1.94.